The number of methoxy groups -OCH3 is 1. The second-order valence-electron chi connectivity index (χ2n) is 4.04. The van der Waals surface area contributed by atoms with E-state index in [0.717, 1.165) is 12.1 Å². The Morgan fingerprint density at radius 1 is 1.15 bits per heavy atom. The number of ether oxygens (including phenoxy) is 1. The van der Waals surface area contributed by atoms with Crippen molar-refractivity contribution in [2.45, 2.75) is 0 Å². The van der Waals surface area contributed by atoms with Gasteiger partial charge in [-0.05, 0) is 24.3 Å². The van der Waals surface area contributed by atoms with E-state index in [0.29, 0.717) is 0 Å². The molecule has 5 nitrogen and oxygen atoms in total. The molecule has 1 amide bonds. The van der Waals surface area contributed by atoms with E-state index in [-0.39, 0.29) is 28.5 Å². The van der Waals surface area contributed by atoms with Gasteiger partial charge in [-0.2, -0.15) is 0 Å². The van der Waals surface area contributed by atoms with Crippen LogP contribution >= 0.6 is 0 Å². The standard InChI is InChI=1S/C14H12FNO4/c1-20-13-6-9(15)2-3-12(13)16-14(19)8-4-10(17)7-11(18)5-8/h2-7,17-18H,1H3,(H,16,19). The van der Waals surface area contributed by atoms with Gasteiger partial charge < -0.3 is 20.3 Å². The number of anilines is 1. The fourth-order valence-corrected chi connectivity index (χ4v) is 1.69. The number of phenols is 2. The van der Waals surface area contributed by atoms with Gasteiger partial charge >= 0.3 is 0 Å². The quantitative estimate of drug-likeness (QED) is 0.805. The summed E-state index contributed by atoms with van der Waals surface area (Å²) in [5, 5.41) is 21.2. The third-order valence-corrected chi connectivity index (χ3v) is 2.58. The Labute approximate surface area is 114 Å². The Morgan fingerprint density at radius 3 is 2.40 bits per heavy atom. The van der Waals surface area contributed by atoms with Crippen LogP contribution in [0.2, 0.25) is 0 Å². The molecule has 0 aliphatic heterocycles. The number of amides is 1. The van der Waals surface area contributed by atoms with Crippen LogP contribution < -0.4 is 10.1 Å². The summed E-state index contributed by atoms with van der Waals surface area (Å²) < 4.78 is 18.0. The monoisotopic (exact) mass is 277 g/mol. The Bertz CT molecular complexity index is 637. The molecule has 20 heavy (non-hydrogen) atoms. The summed E-state index contributed by atoms with van der Waals surface area (Å²) in [6, 6.07) is 7.17. The van der Waals surface area contributed by atoms with E-state index in [2.05, 4.69) is 5.32 Å². The minimum Gasteiger partial charge on any atom is -0.508 e. The number of carbonyl (C=O) groups excluding carboxylic acids is 1. The zero-order valence-corrected chi connectivity index (χ0v) is 10.6. The average molecular weight is 277 g/mol. The largest absolute Gasteiger partial charge is 0.508 e. The second-order valence-corrected chi connectivity index (χ2v) is 4.04. The van der Waals surface area contributed by atoms with Crippen molar-refractivity contribution in [3.63, 3.8) is 0 Å². The van der Waals surface area contributed by atoms with E-state index >= 15 is 0 Å². The van der Waals surface area contributed by atoms with Gasteiger partial charge in [0.25, 0.3) is 5.91 Å². The number of rotatable bonds is 3. The van der Waals surface area contributed by atoms with Gasteiger partial charge in [-0.1, -0.05) is 0 Å². The van der Waals surface area contributed by atoms with Crippen molar-refractivity contribution in [2.75, 3.05) is 12.4 Å². The summed E-state index contributed by atoms with van der Waals surface area (Å²) in [7, 11) is 1.35. The van der Waals surface area contributed by atoms with Crippen LogP contribution in [0.5, 0.6) is 17.2 Å². The molecule has 0 atom stereocenters. The number of halogens is 1. The summed E-state index contributed by atoms with van der Waals surface area (Å²) in [5.41, 5.74) is 0.343. The highest BCUT2D eigenvalue weighted by molar-refractivity contribution is 6.05. The van der Waals surface area contributed by atoms with Crippen LogP contribution in [-0.2, 0) is 0 Å². The minimum absolute atomic E-state index is 0.0638. The number of phenolic OH excluding ortho intramolecular Hbond substituents is 2. The van der Waals surface area contributed by atoms with E-state index in [4.69, 9.17) is 4.74 Å². The fraction of sp³-hybridized carbons (Fsp3) is 0.0714. The SMILES string of the molecule is COc1cc(F)ccc1NC(=O)c1cc(O)cc(O)c1. The third kappa shape index (κ3) is 2.97. The number of aromatic hydroxyl groups is 2. The van der Waals surface area contributed by atoms with Gasteiger partial charge in [-0.3, -0.25) is 4.79 Å². The molecule has 2 rings (SSSR count). The first-order valence-corrected chi connectivity index (χ1v) is 5.67. The molecule has 104 valence electrons. The molecule has 0 radical (unpaired) electrons. The van der Waals surface area contributed by atoms with Crippen LogP contribution in [0.3, 0.4) is 0 Å². The van der Waals surface area contributed by atoms with Crippen LogP contribution in [0, 0.1) is 5.82 Å². The highest BCUT2D eigenvalue weighted by Crippen LogP contribution is 2.26. The third-order valence-electron chi connectivity index (χ3n) is 2.58. The Hall–Kier alpha value is -2.76. The second kappa shape index (κ2) is 5.48. The normalized spacial score (nSPS) is 10.1. The van der Waals surface area contributed by atoms with Gasteiger partial charge in [0.2, 0.25) is 0 Å². The predicted octanol–water partition coefficient (Wildman–Crippen LogP) is 2.50. The highest BCUT2D eigenvalue weighted by Gasteiger charge is 2.12. The number of carbonyl (C=O) groups is 1. The molecule has 2 aromatic rings. The smallest absolute Gasteiger partial charge is 0.256 e. The lowest BCUT2D eigenvalue weighted by molar-refractivity contribution is 0.102. The van der Waals surface area contributed by atoms with E-state index in [1.54, 1.807) is 0 Å². The fourth-order valence-electron chi connectivity index (χ4n) is 1.69. The number of benzene rings is 2. The van der Waals surface area contributed by atoms with E-state index in [1.165, 1.54) is 31.4 Å². The molecule has 0 aromatic heterocycles. The molecular weight excluding hydrogens is 265 g/mol. The Balaban J connectivity index is 2.27. The van der Waals surface area contributed by atoms with E-state index in [9.17, 15) is 19.4 Å². The number of hydrogen-bond acceptors (Lipinski definition) is 4. The molecule has 0 bridgehead atoms. The molecule has 0 saturated carbocycles. The lowest BCUT2D eigenvalue weighted by atomic mass is 10.2. The first kappa shape index (κ1) is 13.7. The van der Waals surface area contributed by atoms with Crippen molar-refractivity contribution < 1.29 is 24.1 Å². The van der Waals surface area contributed by atoms with Crippen LogP contribution in [0.4, 0.5) is 10.1 Å². The van der Waals surface area contributed by atoms with Crippen molar-refractivity contribution in [3.05, 3.63) is 47.8 Å². The Morgan fingerprint density at radius 2 is 1.80 bits per heavy atom. The lowest BCUT2D eigenvalue weighted by Crippen LogP contribution is -2.12. The number of nitrogens with one attached hydrogen (secondary N) is 1. The maximum absolute atomic E-state index is 13.0. The maximum Gasteiger partial charge on any atom is 0.256 e. The summed E-state index contributed by atoms with van der Waals surface area (Å²) in [4.78, 5) is 12.0. The molecule has 2 aromatic carbocycles. The van der Waals surface area contributed by atoms with Crippen LogP contribution in [0.25, 0.3) is 0 Å². The first-order chi connectivity index (χ1) is 9.49. The highest BCUT2D eigenvalue weighted by atomic mass is 19.1. The van der Waals surface area contributed by atoms with Crippen LogP contribution in [0.1, 0.15) is 10.4 Å². The van der Waals surface area contributed by atoms with Crippen molar-refractivity contribution >= 4 is 11.6 Å². The molecule has 3 N–H and O–H groups in total. The minimum atomic E-state index is -0.568. The van der Waals surface area contributed by atoms with E-state index in [1.807, 2.05) is 0 Å². The zero-order chi connectivity index (χ0) is 14.7. The van der Waals surface area contributed by atoms with Crippen molar-refractivity contribution in [2.24, 2.45) is 0 Å². The molecule has 6 heteroatoms. The molecule has 0 saturated heterocycles. The summed E-state index contributed by atoms with van der Waals surface area (Å²) >= 11 is 0. The van der Waals surface area contributed by atoms with Gasteiger partial charge in [0.1, 0.15) is 23.1 Å². The van der Waals surface area contributed by atoms with Crippen LogP contribution in [0.15, 0.2) is 36.4 Å². The van der Waals surface area contributed by atoms with E-state index < -0.39 is 11.7 Å². The average Bonchev–Trinajstić information content (AvgIpc) is 2.39. The Kier molecular flexibility index (Phi) is 3.74. The molecule has 0 aliphatic rings. The molecular formula is C14H12FNO4. The van der Waals surface area contributed by atoms with Crippen molar-refractivity contribution in [3.8, 4) is 17.2 Å². The van der Waals surface area contributed by atoms with Crippen molar-refractivity contribution in [1.82, 2.24) is 0 Å². The summed E-state index contributed by atoms with van der Waals surface area (Å²) in [6.07, 6.45) is 0. The maximum atomic E-state index is 13.0. The summed E-state index contributed by atoms with van der Waals surface area (Å²) in [6.45, 7) is 0. The topological polar surface area (TPSA) is 78.8 Å². The molecule has 0 fully saturated rings. The summed E-state index contributed by atoms with van der Waals surface area (Å²) in [5.74, 6) is -1.36. The predicted molar refractivity (Wildman–Crippen MR) is 70.7 cm³/mol. The first-order valence-electron chi connectivity index (χ1n) is 5.67. The van der Waals surface area contributed by atoms with Gasteiger partial charge in [-0.15, -0.1) is 0 Å². The zero-order valence-electron chi connectivity index (χ0n) is 10.6. The molecule has 0 unspecified atom stereocenters. The van der Waals surface area contributed by atoms with Gasteiger partial charge in [0.15, 0.2) is 0 Å². The lowest BCUT2D eigenvalue weighted by Gasteiger charge is -2.10. The van der Waals surface area contributed by atoms with Gasteiger partial charge in [-0.25, -0.2) is 4.39 Å². The van der Waals surface area contributed by atoms with Gasteiger partial charge in [0.05, 0.1) is 12.8 Å². The molecule has 0 spiro atoms. The van der Waals surface area contributed by atoms with Crippen molar-refractivity contribution in [1.29, 1.82) is 0 Å². The van der Waals surface area contributed by atoms with Crippen LogP contribution in [-0.4, -0.2) is 23.2 Å². The molecule has 0 aliphatic carbocycles. The van der Waals surface area contributed by atoms with Gasteiger partial charge in [0, 0.05) is 17.7 Å². The number of hydrogen-bond donors (Lipinski definition) is 3. The molecule has 0 heterocycles.